The number of hydrogen-bond acceptors (Lipinski definition) is 3. The van der Waals surface area contributed by atoms with E-state index in [9.17, 15) is 5.11 Å². The summed E-state index contributed by atoms with van der Waals surface area (Å²) in [5.41, 5.74) is -1.64. The van der Waals surface area contributed by atoms with E-state index in [-0.39, 0.29) is 11.5 Å². The molecular formula is C20H34O3. The molecule has 2 fully saturated rings. The number of rotatable bonds is 4. The van der Waals surface area contributed by atoms with E-state index in [1.807, 2.05) is 27.7 Å². The molecular weight excluding hydrogens is 288 g/mol. The van der Waals surface area contributed by atoms with Crippen LogP contribution in [0.15, 0.2) is 0 Å². The minimum atomic E-state index is -0.874. The van der Waals surface area contributed by atoms with Gasteiger partial charge in [0.25, 0.3) is 0 Å². The third-order valence-electron chi connectivity index (χ3n) is 6.45. The van der Waals surface area contributed by atoms with Crippen molar-refractivity contribution in [1.29, 1.82) is 0 Å². The minimum Gasteiger partial charge on any atom is -0.377 e. The Bertz CT molecular complexity index is 505. The van der Waals surface area contributed by atoms with Crippen LogP contribution in [0.1, 0.15) is 74.7 Å². The molecule has 2 bridgehead atoms. The number of fused-ring (bicyclic) bond motifs is 2. The highest BCUT2D eigenvalue weighted by molar-refractivity contribution is 5.27. The molecule has 3 heteroatoms. The largest absolute Gasteiger partial charge is 0.377 e. The van der Waals surface area contributed by atoms with E-state index in [2.05, 4.69) is 39.5 Å². The lowest BCUT2D eigenvalue weighted by Gasteiger charge is -2.42. The summed E-state index contributed by atoms with van der Waals surface area (Å²) in [7, 11) is 0. The zero-order chi connectivity index (χ0) is 17.7. The SMILES string of the molecule is CCC(C)(C)OOC(C)(C)C#C[C@]1(O)C[C@H]2C[C@H]1[C@H](C)C2(C)C. The second-order valence-electron chi connectivity index (χ2n) is 9.32. The first-order chi connectivity index (χ1) is 10.3. The molecule has 4 atom stereocenters. The molecule has 0 saturated heterocycles. The first kappa shape index (κ1) is 18.8. The Kier molecular flexibility index (Phi) is 4.70. The van der Waals surface area contributed by atoms with E-state index >= 15 is 0 Å². The third-order valence-corrected chi connectivity index (χ3v) is 6.45. The van der Waals surface area contributed by atoms with Crippen molar-refractivity contribution in [3.63, 3.8) is 0 Å². The van der Waals surface area contributed by atoms with Gasteiger partial charge in [0.1, 0.15) is 5.60 Å². The van der Waals surface area contributed by atoms with E-state index in [0.29, 0.717) is 17.3 Å². The summed E-state index contributed by atoms with van der Waals surface area (Å²) in [5, 5.41) is 11.1. The van der Waals surface area contributed by atoms with Crippen molar-refractivity contribution in [2.45, 2.75) is 91.5 Å². The molecule has 2 saturated carbocycles. The van der Waals surface area contributed by atoms with Crippen molar-refractivity contribution in [3.8, 4) is 11.8 Å². The second-order valence-corrected chi connectivity index (χ2v) is 9.32. The number of aliphatic hydroxyl groups is 1. The lowest BCUT2D eigenvalue weighted by atomic mass is 9.64. The van der Waals surface area contributed by atoms with Gasteiger partial charge in [0, 0.05) is 5.92 Å². The average Bonchev–Trinajstić information content (AvgIpc) is 2.91. The molecule has 0 amide bonds. The Morgan fingerprint density at radius 2 is 1.78 bits per heavy atom. The van der Waals surface area contributed by atoms with Crippen LogP contribution >= 0.6 is 0 Å². The Balaban J connectivity index is 2.07. The molecule has 23 heavy (non-hydrogen) atoms. The summed E-state index contributed by atoms with van der Waals surface area (Å²) in [6.07, 6.45) is 2.72. The highest BCUT2D eigenvalue weighted by Gasteiger charge is 2.61. The molecule has 2 aliphatic rings. The summed E-state index contributed by atoms with van der Waals surface area (Å²) >= 11 is 0. The molecule has 0 heterocycles. The molecule has 2 aliphatic carbocycles. The molecule has 0 aliphatic heterocycles. The molecule has 0 aromatic heterocycles. The van der Waals surface area contributed by atoms with Gasteiger partial charge in [0.05, 0.1) is 5.60 Å². The van der Waals surface area contributed by atoms with Gasteiger partial charge in [0.15, 0.2) is 5.60 Å². The van der Waals surface area contributed by atoms with Crippen molar-refractivity contribution in [2.75, 3.05) is 0 Å². The van der Waals surface area contributed by atoms with Crippen LogP contribution in [0.3, 0.4) is 0 Å². The van der Waals surface area contributed by atoms with Gasteiger partial charge >= 0.3 is 0 Å². The van der Waals surface area contributed by atoms with E-state index in [4.69, 9.17) is 9.78 Å². The summed E-state index contributed by atoms with van der Waals surface area (Å²) < 4.78 is 0. The van der Waals surface area contributed by atoms with Gasteiger partial charge in [-0.2, -0.15) is 0 Å². The fourth-order valence-electron chi connectivity index (χ4n) is 3.89. The maximum absolute atomic E-state index is 11.1. The van der Waals surface area contributed by atoms with Crippen molar-refractivity contribution in [2.24, 2.45) is 23.2 Å². The van der Waals surface area contributed by atoms with Crippen LogP contribution in [0.2, 0.25) is 0 Å². The first-order valence-corrected chi connectivity index (χ1v) is 8.96. The van der Waals surface area contributed by atoms with Crippen molar-refractivity contribution >= 4 is 0 Å². The topological polar surface area (TPSA) is 38.7 Å². The first-order valence-electron chi connectivity index (χ1n) is 8.96. The van der Waals surface area contributed by atoms with Gasteiger partial charge in [-0.25, -0.2) is 9.78 Å². The highest BCUT2D eigenvalue weighted by atomic mass is 17.2. The van der Waals surface area contributed by atoms with E-state index in [1.54, 1.807) is 0 Å². The second kappa shape index (κ2) is 5.76. The van der Waals surface area contributed by atoms with Crippen LogP contribution < -0.4 is 0 Å². The average molecular weight is 322 g/mol. The summed E-state index contributed by atoms with van der Waals surface area (Å²) in [5.74, 6) is 7.58. The van der Waals surface area contributed by atoms with Crippen LogP contribution in [-0.2, 0) is 9.78 Å². The standard InChI is InChI=1S/C20H34O3/c1-9-17(3,4)22-23-18(5,6)10-11-20(21)13-15-12-16(20)14(2)19(15,7)8/h14-16,21H,9,12-13H2,1-8H3/t14-,15+,16-,20-/m0/s1. The van der Waals surface area contributed by atoms with Crippen LogP contribution in [0, 0.1) is 35.0 Å². The summed E-state index contributed by atoms with van der Waals surface area (Å²) in [6.45, 7) is 16.7. The highest BCUT2D eigenvalue weighted by Crippen LogP contribution is 2.62. The summed E-state index contributed by atoms with van der Waals surface area (Å²) in [6, 6.07) is 0. The Morgan fingerprint density at radius 1 is 1.17 bits per heavy atom. The van der Waals surface area contributed by atoms with Gasteiger partial charge < -0.3 is 5.11 Å². The fourth-order valence-corrected chi connectivity index (χ4v) is 3.89. The molecule has 2 rings (SSSR count). The zero-order valence-corrected chi connectivity index (χ0v) is 16.1. The van der Waals surface area contributed by atoms with Gasteiger partial charge in [-0.3, -0.25) is 0 Å². The van der Waals surface area contributed by atoms with E-state index in [0.717, 1.165) is 19.3 Å². The maximum Gasteiger partial charge on any atom is 0.158 e. The molecule has 0 aromatic carbocycles. The monoisotopic (exact) mass is 322 g/mol. The van der Waals surface area contributed by atoms with Gasteiger partial charge in [-0.05, 0) is 64.2 Å². The quantitative estimate of drug-likeness (QED) is 0.475. The van der Waals surface area contributed by atoms with E-state index < -0.39 is 11.2 Å². The molecule has 0 aromatic rings. The Labute approximate surface area is 142 Å². The normalized spacial score (nSPS) is 36.0. The maximum atomic E-state index is 11.1. The molecule has 132 valence electrons. The minimum absolute atomic E-state index is 0.263. The van der Waals surface area contributed by atoms with Gasteiger partial charge in [0.2, 0.25) is 0 Å². The molecule has 0 radical (unpaired) electrons. The predicted octanol–water partition coefficient (Wildman–Crippen LogP) is 4.34. The molecule has 0 spiro atoms. The summed E-state index contributed by atoms with van der Waals surface area (Å²) in [4.78, 5) is 11.1. The van der Waals surface area contributed by atoms with Gasteiger partial charge in [-0.15, -0.1) is 0 Å². The fraction of sp³-hybridized carbons (Fsp3) is 0.900. The zero-order valence-electron chi connectivity index (χ0n) is 16.1. The third kappa shape index (κ3) is 3.60. The molecule has 0 unspecified atom stereocenters. The van der Waals surface area contributed by atoms with Gasteiger partial charge in [-0.1, -0.05) is 39.5 Å². The van der Waals surface area contributed by atoms with Crippen molar-refractivity contribution < 1.29 is 14.9 Å². The molecule has 1 N–H and O–H groups in total. The van der Waals surface area contributed by atoms with Crippen molar-refractivity contribution in [3.05, 3.63) is 0 Å². The smallest absolute Gasteiger partial charge is 0.158 e. The van der Waals surface area contributed by atoms with E-state index in [1.165, 1.54) is 0 Å². The molecule has 3 nitrogen and oxygen atoms in total. The lowest BCUT2D eigenvalue weighted by Crippen LogP contribution is -2.44. The number of hydrogen-bond donors (Lipinski definition) is 1. The van der Waals surface area contributed by atoms with Crippen LogP contribution in [-0.4, -0.2) is 21.9 Å². The predicted molar refractivity (Wildman–Crippen MR) is 92.5 cm³/mol. The van der Waals surface area contributed by atoms with Crippen LogP contribution in [0.4, 0.5) is 0 Å². The van der Waals surface area contributed by atoms with Crippen molar-refractivity contribution in [1.82, 2.24) is 0 Å². The van der Waals surface area contributed by atoms with Crippen LogP contribution in [0.25, 0.3) is 0 Å². The Morgan fingerprint density at radius 3 is 2.26 bits per heavy atom. The Hall–Kier alpha value is -0.560. The lowest BCUT2D eigenvalue weighted by molar-refractivity contribution is -0.388. The van der Waals surface area contributed by atoms with Crippen LogP contribution in [0.5, 0.6) is 0 Å².